The van der Waals surface area contributed by atoms with Gasteiger partial charge in [0.15, 0.2) is 0 Å². The van der Waals surface area contributed by atoms with E-state index in [-0.39, 0.29) is 23.8 Å². The van der Waals surface area contributed by atoms with Crippen LogP contribution in [0.3, 0.4) is 0 Å². The number of hydrogen-bond donors (Lipinski definition) is 1. The van der Waals surface area contributed by atoms with Crippen molar-refractivity contribution in [1.29, 1.82) is 0 Å². The number of imide groups is 1. The van der Waals surface area contributed by atoms with Gasteiger partial charge in [0, 0.05) is 53.3 Å². The third-order valence-corrected chi connectivity index (χ3v) is 7.27. The summed E-state index contributed by atoms with van der Waals surface area (Å²) in [5.74, 6) is -0.554. The summed E-state index contributed by atoms with van der Waals surface area (Å²) >= 11 is 0. The Hall–Kier alpha value is -3.41. The molecule has 2 aromatic carbocycles. The summed E-state index contributed by atoms with van der Waals surface area (Å²) < 4.78 is 0. The minimum Gasteiger partial charge on any atom is -0.358 e. The van der Waals surface area contributed by atoms with E-state index in [1.54, 1.807) is 18.2 Å². The molecule has 2 aliphatic heterocycles. The van der Waals surface area contributed by atoms with E-state index in [0.717, 1.165) is 55.0 Å². The number of H-pyrrole nitrogens is 1. The maximum absolute atomic E-state index is 13.3. The van der Waals surface area contributed by atoms with E-state index in [1.165, 1.54) is 10.6 Å². The smallest absolute Gasteiger partial charge is 0.261 e. The molecule has 0 saturated heterocycles. The van der Waals surface area contributed by atoms with Gasteiger partial charge in [0.05, 0.1) is 11.1 Å². The highest BCUT2D eigenvalue weighted by atomic mass is 16.2. The van der Waals surface area contributed by atoms with Crippen LogP contribution in [0.1, 0.15) is 74.4 Å². The number of hydrogen-bond acceptors (Lipinski definition) is 3. The van der Waals surface area contributed by atoms with Crippen LogP contribution in [0.25, 0.3) is 10.9 Å². The predicted octanol–water partition coefficient (Wildman–Crippen LogP) is 4.30. The third kappa shape index (κ3) is 2.89. The second-order valence-electron chi connectivity index (χ2n) is 9.14. The largest absolute Gasteiger partial charge is 0.358 e. The molecule has 0 bridgehead atoms. The standard InChI is InChI=1S/C26H25N3O3/c30-24(28-13-12-23-21(15-28)18-8-4-5-9-22(18)27-23)16-10-11-19-20(14-16)26(32)29(25(19)31)17-6-2-1-3-7-17/h4-5,8-11,14,17,27H,1-3,6-7,12-13,15H2. The Morgan fingerprint density at radius 3 is 2.56 bits per heavy atom. The maximum atomic E-state index is 13.3. The number of rotatable bonds is 2. The Morgan fingerprint density at radius 1 is 0.938 bits per heavy atom. The summed E-state index contributed by atoms with van der Waals surface area (Å²) in [5.41, 5.74) is 4.71. The minimum absolute atomic E-state index is 0.0160. The Labute approximate surface area is 186 Å². The molecule has 3 aromatic rings. The quantitative estimate of drug-likeness (QED) is 0.620. The van der Waals surface area contributed by atoms with E-state index in [4.69, 9.17) is 0 Å². The van der Waals surface area contributed by atoms with Crippen molar-refractivity contribution in [3.05, 3.63) is 70.4 Å². The zero-order valence-electron chi connectivity index (χ0n) is 17.9. The molecule has 32 heavy (non-hydrogen) atoms. The number of fused-ring (bicyclic) bond motifs is 4. The Morgan fingerprint density at radius 2 is 1.72 bits per heavy atom. The van der Waals surface area contributed by atoms with Gasteiger partial charge in [0.2, 0.25) is 0 Å². The minimum atomic E-state index is -0.246. The Kier molecular flexibility index (Phi) is 4.42. The topological polar surface area (TPSA) is 73.5 Å². The van der Waals surface area contributed by atoms with Crippen LogP contribution in [-0.2, 0) is 13.0 Å². The van der Waals surface area contributed by atoms with Crippen molar-refractivity contribution in [3.63, 3.8) is 0 Å². The summed E-state index contributed by atoms with van der Waals surface area (Å²) in [6.07, 6.45) is 5.77. The molecule has 0 atom stereocenters. The van der Waals surface area contributed by atoms with Crippen molar-refractivity contribution in [2.45, 2.75) is 51.1 Å². The number of carbonyl (C=O) groups is 3. The van der Waals surface area contributed by atoms with Crippen LogP contribution in [-0.4, -0.2) is 45.1 Å². The molecule has 1 aliphatic carbocycles. The van der Waals surface area contributed by atoms with Gasteiger partial charge in [-0.1, -0.05) is 37.5 Å². The van der Waals surface area contributed by atoms with Crippen molar-refractivity contribution in [1.82, 2.24) is 14.8 Å². The number of amides is 3. The lowest BCUT2D eigenvalue weighted by atomic mass is 9.94. The van der Waals surface area contributed by atoms with E-state index in [0.29, 0.717) is 29.8 Å². The highest BCUT2D eigenvalue weighted by molar-refractivity contribution is 6.22. The summed E-state index contributed by atoms with van der Waals surface area (Å²) in [6.45, 7) is 1.16. The lowest BCUT2D eigenvalue weighted by molar-refractivity contribution is 0.0548. The lowest BCUT2D eigenvalue weighted by Gasteiger charge is -2.29. The molecule has 0 spiro atoms. The highest BCUT2D eigenvalue weighted by Crippen LogP contribution is 2.32. The summed E-state index contributed by atoms with van der Waals surface area (Å²) in [6, 6.07) is 13.1. The molecular formula is C26H25N3O3. The SMILES string of the molecule is O=C(c1ccc2c(c1)C(=O)N(C1CCCCC1)C2=O)N1CCc2[nH]c3ccccc3c2C1. The van der Waals surface area contributed by atoms with Crippen LogP contribution in [0.15, 0.2) is 42.5 Å². The summed E-state index contributed by atoms with van der Waals surface area (Å²) in [7, 11) is 0. The van der Waals surface area contributed by atoms with Crippen LogP contribution >= 0.6 is 0 Å². The molecule has 3 heterocycles. The number of nitrogens with zero attached hydrogens (tertiary/aromatic N) is 2. The van der Waals surface area contributed by atoms with Crippen molar-refractivity contribution in [2.75, 3.05) is 6.54 Å². The zero-order chi connectivity index (χ0) is 21.8. The van der Waals surface area contributed by atoms with Crippen molar-refractivity contribution in [2.24, 2.45) is 0 Å². The summed E-state index contributed by atoms with van der Waals surface area (Å²) in [5, 5.41) is 1.15. The maximum Gasteiger partial charge on any atom is 0.261 e. The van der Waals surface area contributed by atoms with E-state index in [9.17, 15) is 14.4 Å². The second kappa shape index (κ2) is 7.33. The first-order chi connectivity index (χ1) is 15.6. The fraction of sp³-hybridized carbons (Fsp3) is 0.346. The molecule has 3 aliphatic rings. The number of benzene rings is 2. The molecule has 6 heteroatoms. The van der Waals surface area contributed by atoms with Crippen LogP contribution < -0.4 is 0 Å². The highest BCUT2D eigenvalue weighted by Gasteiger charge is 2.40. The molecule has 1 fully saturated rings. The van der Waals surface area contributed by atoms with Gasteiger partial charge in [0.1, 0.15) is 0 Å². The molecule has 1 saturated carbocycles. The zero-order valence-corrected chi connectivity index (χ0v) is 17.9. The number of carbonyl (C=O) groups excluding carboxylic acids is 3. The van der Waals surface area contributed by atoms with Gasteiger partial charge in [-0.05, 0) is 37.1 Å². The molecule has 0 radical (unpaired) electrons. The predicted molar refractivity (Wildman–Crippen MR) is 121 cm³/mol. The monoisotopic (exact) mass is 427 g/mol. The Bertz CT molecular complexity index is 1270. The van der Waals surface area contributed by atoms with E-state index >= 15 is 0 Å². The first kappa shape index (κ1) is 19.3. The molecule has 3 amide bonds. The van der Waals surface area contributed by atoms with Gasteiger partial charge in [-0.3, -0.25) is 19.3 Å². The molecule has 0 unspecified atom stereocenters. The van der Waals surface area contributed by atoms with Crippen LogP contribution in [0, 0.1) is 0 Å². The van der Waals surface area contributed by atoms with Gasteiger partial charge in [0.25, 0.3) is 17.7 Å². The lowest BCUT2D eigenvalue weighted by Crippen LogP contribution is -2.40. The normalized spacial score (nSPS) is 18.9. The first-order valence-corrected chi connectivity index (χ1v) is 11.5. The number of para-hydroxylation sites is 1. The third-order valence-electron chi connectivity index (χ3n) is 7.27. The molecule has 1 N–H and O–H groups in total. The molecule has 6 rings (SSSR count). The average molecular weight is 428 g/mol. The number of aromatic nitrogens is 1. The fourth-order valence-corrected chi connectivity index (χ4v) is 5.59. The van der Waals surface area contributed by atoms with Gasteiger partial charge in [-0.15, -0.1) is 0 Å². The Balaban J connectivity index is 1.27. The van der Waals surface area contributed by atoms with Gasteiger partial charge in [-0.2, -0.15) is 0 Å². The molecule has 6 nitrogen and oxygen atoms in total. The van der Waals surface area contributed by atoms with Gasteiger partial charge in [-0.25, -0.2) is 0 Å². The van der Waals surface area contributed by atoms with Crippen molar-refractivity contribution >= 4 is 28.6 Å². The summed E-state index contributed by atoms with van der Waals surface area (Å²) in [4.78, 5) is 46.1. The van der Waals surface area contributed by atoms with E-state index < -0.39 is 0 Å². The van der Waals surface area contributed by atoms with E-state index in [2.05, 4.69) is 17.1 Å². The van der Waals surface area contributed by atoms with E-state index in [1.807, 2.05) is 17.0 Å². The van der Waals surface area contributed by atoms with Crippen LogP contribution in [0.4, 0.5) is 0 Å². The molecule has 162 valence electrons. The van der Waals surface area contributed by atoms with Crippen molar-refractivity contribution < 1.29 is 14.4 Å². The van der Waals surface area contributed by atoms with Crippen molar-refractivity contribution in [3.8, 4) is 0 Å². The molecular weight excluding hydrogens is 402 g/mol. The number of aromatic amines is 1. The van der Waals surface area contributed by atoms with Gasteiger partial charge < -0.3 is 9.88 Å². The average Bonchev–Trinajstić information content (AvgIpc) is 3.33. The van der Waals surface area contributed by atoms with Crippen LogP contribution in [0.5, 0.6) is 0 Å². The first-order valence-electron chi connectivity index (χ1n) is 11.5. The van der Waals surface area contributed by atoms with Gasteiger partial charge >= 0.3 is 0 Å². The second-order valence-corrected chi connectivity index (χ2v) is 9.14. The van der Waals surface area contributed by atoms with Crippen LogP contribution in [0.2, 0.25) is 0 Å². The molecule has 1 aromatic heterocycles. The fourth-order valence-electron chi connectivity index (χ4n) is 5.59. The number of nitrogens with one attached hydrogen (secondary N) is 1.